The first-order chi connectivity index (χ1) is 15.2. The van der Waals surface area contributed by atoms with Gasteiger partial charge in [-0.2, -0.15) is 0 Å². The number of hydrogen-bond acceptors (Lipinski definition) is 4. The van der Waals surface area contributed by atoms with Gasteiger partial charge in [0.1, 0.15) is 5.75 Å². The number of phenols is 1. The second-order valence-electron chi connectivity index (χ2n) is 9.61. The molecular formula is C28H36N2OS. The minimum Gasteiger partial charge on any atom is -0.506 e. The van der Waals surface area contributed by atoms with E-state index in [0.717, 1.165) is 46.2 Å². The number of phenolic OH excluding ortho intramolecular Hbond substituents is 1. The number of nitrogens with one attached hydrogen (secondary N) is 2. The van der Waals surface area contributed by atoms with Crippen LogP contribution in [-0.2, 0) is 5.41 Å². The summed E-state index contributed by atoms with van der Waals surface area (Å²) >= 11 is 1.76. The molecule has 0 aliphatic heterocycles. The molecule has 3 nitrogen and oxygen atoms in total. The number of rotatable bonds is 9. The van der Waals surface area contributed by atoms with Gasteiger partial charge in [0, 0.05) is 39.8 Å². The lowest BCUT2D eigenvalue weighted by Crippen LogP contribution is -2.12. The molecule has 0 spiro atoms. The summed E-state index contributed by atoms with van der Waals surface area (Å²) in [5.41, 5.74) is 5.48. The lowest BCUT2D eigenvalue weighted by Gasteiger charge is -2.23. The van der Waals surface area contributed by atoms with E-state index in [1.54, 1.807) is 11.8 Å². The lowest BCUT2D eigenvalue weighted by molar-refractivity contribution is 0.434. The summed E-state index contributed by atoms with van der Waals surface area (Å²) in [5.74, 6) is 1.98. The highest BCUT2D eigenvalue weighted by Gasteiger charge is 2.21. The van der Waals surface area contributed by atoms with Crippen molar-refractivity contribution in [2.24, 2.45) is 5.92 Å². The van der Waals surface area contributed by atoms with Crippen LogP contribution in [0.5, 0.6) is 5.75 Å². The molecule has 3 N–H and O–H groups in total. The van der Waals surface area contributed by atoms with Crippen molar-refractivity contribution in [2.75, 3.05) is 22.9 Å². The van der Waals surface area contributed by atoms with E-state index < -0.39 is 0 Å². The molecule has 0 fully saturated rings. The Hall–Kier alpha value is -2.59. The van der Waals surface area contributed by atoms with Crippen molar-refractivity contribution in [1.82, 2.24) is 0 Å². The maximum atomic E-state index is 10.8. The van der Waals surface area contributed by atoms with Crippen LogP contribution in [-0.4, -0.2) is 17.4 Å². The van der Waals surface area contributed by atoms with Crippen LogP contribution in [0, 0.1) is 12.8 Å². The molecule has 0 heterocycles. The average molecular weight is 449 g/mol. The van der Waals surface area contributed by atoms with Gasteiger partial charge >= 0.3 is 0 Å². The first kappa shape index (κ1) is 24.1. The van der Waals surface area contributed by atoms with E-state index in [-0.39, 0.29) is 5.41 Å². The molecule has 1 atom stereocenters. The number of aryl methyl sites for hydroxylation is 1. The minimum absolute atomic E-state index is 0.0624. The first-order valence-electron chi connectivity index (χ1n) is 11.4. The molecule has 170 valence electrons. The molecule has 32 heavy (non-hydrogen) atoms. The highest BCUT2D eigenvalue weighted by molar-refractivity contribution is 7.99. The normalized spacial score (nSPS) is 12.4. The molecule has 0 saturated heterocycles. The van der Waals surface area contributed by atoms with Gasteiger partial charge in [0.2, 0.25) is 0 Å². The van der Waals surface area contributed by atoms with Crippen LogP contribution in [0.25, 0.3) is 0 Å². The number of anilines is 3. The molecule has 3 rings (SSSR count). The van der Waals surface area contributed by atoms with Crippen LogP contribution in [0.4, 0.5) is 17.1 Å². The van der Waals surface area contributed by atoms with Crippen LogP contribution < -0.4 is 10.6 Å². The van der Waals surface area contributed by atoms with Crippen molar-refractivity contribution >= 4 is 28.8 Å². The Balaban J connectivity index is 1.46. The Kier molecular flexibility index (Phi) is 8.14. The summed E-state index contributed by atoms with van der Waals surface area (Å²) < 4.78 is 0. The molecule has 0 aromatic heterocycles. The second kappa shape index (κ2) is 10.8. The summed E-state index contributed by atoms with van der Waals surface area (Å²) in [6.07, 6.45) is 1.08. The van der Waals surface area contributed by atoms with Crippen LogP contribution in [0.15, 0.2) is 71.6 Å². The van der Waals surface area contributed by atoms with Gasteiger partial charge in [-0.1, -0.05) is 52.0 Å². The van der Waals surface area contributed by atoms with Gasteiger partial charge in [-0.05, 0) is 72.7 Å². The predicted molar refractivity (Wildman–Crippen MR) is 141 cm³/mol. The maximum Gasteiger partial charge on any atom is 0.132 e. The third-order valence-corrected chi connectivity index (χ3v) is 6.82. The summed E-state index contributed by atoms with van der Waals surface area (Å²) in [7, 11) is 0. The quantitative estimate of drug-likeness (QED) is 0.290. The van der Waals surface area contributed by atoms with E-state index in [1.165, 1.54) is 5.56 Å². The molecule has 4 heteroatoms. The Morgan fingerprint density at radius 2 is 1.53 bits per heavy atom. The molecule has 3 aromatic carbocycles. The zero-order valence-corrected chi connectivity index (χ0v) is 20.7. The molecule has 0 radical (unpaired) electrons. The summed E-state index contributed by atoms with van der Waals surface area (Å²) in [4.78, 5) is 0.997. The van der Waals surface area contributed by atoms with Gasteiger partial charge in [0.25, 0.3) is 0 Å². The van der Waals surface area contributed by atoms with E-state index in [0.29, 0.717) is 11.7 Å². The standard InChI is InChI=1S/C28H36N2OS/c1-20(19-32-26-18-21(2)17-25(27(26)31)28(3,4)5)15-16-29-22-11-13-24(14-12-22)30-23-9-7-6-8-10-23/h6-14,17-18,20,29-31H,15-16,19H2,1-5H3. The molecule has 0 amide bonds. The zero-order chi connectivity index (χ0) is 23.1. The highest BCUT2D eigenvalue weighted by Crippen LogP contribution is 2.39. The average Bonchev–Trinajstić information content (AvgIpc) is 2.75. The van der Waals surface area contributed by atoms with Gasteiger partial charge in [0.05, 0.1) is 0 Å². The third kappa shape index (κ3) is 6.96. The van der Waals surface area contributed by atoms with Crippen molar-refractivity contribution in [3.63, 3.8) is 0 Å². The van der Waals surface area contributed by atoms with Crippen molar-refractivity contribution in [3.8, 4) is 5.75 Å². The number of para-hydroxylation sites is 1. The topological polar surface area (TPSA) is 44.3 Å². The molecular weight excluding hydrogens is 412 g/mol. The Labute approximate surface area is 197 Å². The second-order valence-corrected chi connectivity index (χ2v) is 10.7. The predicted octanol–water partition coefficient (Wildman–Crippen LogP) is 7.97. The number of hydrogen-bond donors (Lipinski definition) is 3. The van der Waals surface area contributed by atoms with Crippen LogP contribution in [0.2, 0.25) is 0 Å². The monoisotopic (exact) mass is 448 g/mol. The minimum atomic E-state index is -0.0624. The lowest BCUT2D eigenvalue weighted by atomic mass is 9.85. The zero-order valence-electron chi connectivity index (χ0n) is 19.9. The van der Waals surface area contributed by atoms with E-state index >= 15 is 0 Å². The van der Waals surface area contributed by atoms with Crippen molar-refractivity contribution in [2.45, 2.75) is 51.3 Å². The van der Waals surface area contributed by atoms with Crippen molar-refractivity contribution < 1.29 is 5.11 Å². The number of aromatic hydroxyl groups is 1. The SMILES string of the molecule is Cc1cc(SCC(C)CCNc2ccc(Nc3ccccc3)cc2)c(O)c(C(C)(C)C)c1. The van der Waals surface area contributed by atoms with E-state index in [4.69, 9.17) is 0 Å². The molecule has 0 aliphatic carbocycles. The van der Waals surface area contributed by atoms with E-state index in [1.807, 2.05) is 18.2 Å². The fraction of sp³-hybridized carbons (Fsp3) is 0.357. The summed E-state index contributed by atoms with van der Waals surface area (Å²) in [6, 6.07) is 22.8. The van der Waals surface area contributed by atoms with Gasteiger partial charge < -0.3 is 15.7 Å². The molecule has 1 unspecified atom stereocenters. The third-order valence-electron chi connectivity index (χ3n) is 5.46. The van der Waals surface area contributed by atoms with Gasteiger partial charge in [-0.25, -0.2) is 0 Å². The van der Waals surface area contributed by atoms with Crippen LogP contribution in [0.1, 0.15) is 45.2 Å². The number of thioether (sulfide) groups is 1. The van der Waals surface area contributed by atoms with Crippen molar-refractivity contribution in [3.05, 3.63) is 77.9 Å². The summed E-state index contributed by atoms with van der Waals surface area (Å²) in [6.45, 7) is 11.8. The fourth-order valence-corrected chi connectivity index (χ4v) is 4.71. The van der Waals surface area contributed by atoms with Gasteiger partial charge in [0.15, 0.2) is 0 Å². The Bertz CT molecular complexity index is 994. The first-order valence-corrected chi connectivity index (χ1v) is 12.3. The molecule has 3 aromatic rings. The number of benzene rings is 3. The largest absolute Gasteiger partial charge is 0.506 e. The van der Waals surface area contributed by atoms with Crippen LogP contribution in [0.3, 0.4) is 0 Å². The molecule has 0 aliphatic rings. The fourth-order valence-electron chi connectivity index (χ4n) is 3.57. The maximum absolute atomic E-state index is 10.8. The molecule has 0 bridgehead atoms. The Morgan fingerprint density at radius 1 is 0.906 bits per heavy atom. The van der Waals surface area contributed by atoms with Crippen LogP contribution >= 0.6 is 11.8 Å². The summed E-state index contributed by atoms with van der Waals surface area (Å²) in [5, 5.41) is 17.7. The Morgan fingerprint density at radius 3 is 2.19 bits per heavy atom. The van der Waals surface area contributed by atoms with Crippen molar-refractivity contribution in [1.29, 1.82) is 0 Å². The smallest absolute Gasteiger partial charge is 0.132 e. The van der Waals surface area contributed by atoms with Gasteiger partial charge in [-0.15, -0.1) is 11.8 Å². The van der Waals surface area contributed by atoms with E-state index in [2.05, 4.69) is 93.8 Å². The van der Waals surface area contributed by atoms with E-state index in [9.17, 15) is 5.11 Å². The van der Waals surface area contributed by atoms with Gasteiger partial charge in [-0.3, -0.25) is 0 Å². The molecule has 0 saturated carbocycles. The highest BCUT2D eigenvalue weighted by atomic mass is 32.2.